The zero-order valence-electron chi connectivity index (χ0n) is 7.79. The minimum atomic E-state index is -0.630. The molecule has 0 heterocycles. The Morgan fingerprint density at radius 2 is 2.13 bits per heavy atom. The molecule has 2 N–H and O–H groups in total. The van der Waals surface area contributed by atoms with Crippen LogP contribution in [0.15, 0.2) is 24.3 Å². The molecule has 1 aliphatic rings. The Kier molecular flexibility index (Phi) is 2.11. The zero-order valence-corrected chi connectivity index (χ0v) is 7.79. The van der Waals surface area contributed by atoms with Gasteiger partial charge in [-0.05, 0) is 29.3 Å². The third-order valence-corrected chi connectivity index (χ3v) is 2.30. The molecule has 1 amide bonds. The van der Waals surface area contributed by atoms with Crippen LogP contribution < -0.4 is 5.73 Å². The van der Waals surface area contributed by atoms with Crippen molar-refractivity contribution in [1.82, 2.24) is 0 Å². The Balaban J connectivity index is 2.58. The lowest BCUT2D eigenvalue weighted by Crippen LogP contribution is -2.06. The van der Waals surface area contributed by atoms with Crippen LogP contribution in [0.1, 0.15) is 22.3 Å². The van der Waals surface area contributed by atoms with Crippen molar-refractivity contribution in [1.29, 1.82) is 0 Å². The summed E-state index contributed by atoms with van der Waals surface area (Å²) in [5.74, 6) is -1.17. The summed E-state index contributed by atoms with van der Waals surface area (Å²) in [5, 5.41) is 0. The van der Waals surface area contributed by atoms with Crippen molar-refractivity contribution >= 4 is 17.3 Å². The summed E-state index contributed by atoms with van der Waals surface area (Å²) in [5.41, 5.74) is 6.40. The monoisotopic (exact) mass is 205 g/mol. The van der Waals surface area contributed by atoms with Gasteiger partial charge in [0.25, 0.3) is 0 Å². The summed E-state index contributed by atoms with van der Waals surface area (Å²) in [7, 11) is 0. The van der Waals surface area contributed by atoms with Gasteiger partial charge in [0, 0.05) is 18.1 Å². The van der Waals surface area contributed by atoms with E-state index >= 15 is 0 Å². The van der Waals surface area contributed by atoms with Gasteiger partial charge in [0.15, 0.2) is 5.78 Å². The van der Waals surface area contributed by atoms with Crippen LogP contribution in [0.25, 0.3) is 5.57 Å². The van der Waals surface area contributed by atoms with Crippen LogP contribution in [0.5, 0.6) is 0 Å². The van der Waals surface area contributed by atoms with E-state index in [1.165, 1.54) is 24.3 Å². The number of Topliss-reactive ketones (excluding diaryl/α,β-unsaturated/α-hetero) is 1. The number of allylic oxidation sites excluding steroid dienone is 1. The lowest BCUT2D eigenvalue weighted by molar-refractivity contribution is -0.113. The highest BCUT2D eigenvalue weighted by molar-refractivity contribution is 6.14. The third-order valence-electron chi connectivity index (χ3n) is 2.30. The number of benzene rings is 1. The Morgan fingerprint density at radius 1 is 1.40 bits per heavy atom. The van der Waals surface area contributed by atoms with E-state index in [1.807, 2.05) is 0 Å². The fourth-order valence-electron chi connectivity index (χ4n) is 1.69. The van der Waals surface area contributed by atoms with Crippen molar-refractivity contribution in [2.24, 2.45) is 5.73 Å². The molecule has 15 heavy (non-hydrogen) atoms. The predicted molar refractivity (Wildman–Crippen MR) is 52.5 cm³/mol. The maximum absolute atomic E-state index is 12.9. The number of hydrogen-bond acceptors (Lipinski definition) is 2. The SMILES string of the molecule is NC(=O)/C=C1/CC(=O)c2ccc(F)cc21. The van der Waals surface area contributed by atoms with E-state index in [4.69, 9.17) is 5.73 Å². The average molecular weight is 205 g/mol. The van der Waals surface area contributed by atoms with Crippen LogP contribution in [-0.4, -0.2) is 11.7 Å². The fourth-order valence-corrected chi connectivity index (χ4v) is 1.69. The van der Waals surface area contributed by atoms with Crippen LogP contribution in [0, 0.1) is 5.82 Å². The number of fused-ring (bicyclic) bond motifs is 1. The minimum absolute atomic E-state index is 0.113. The molecule has 0 saturated carbocycles. The van der Waals surface area contributed by atoms with E-state index in [0.29, 0.717) is 16.7 Å². The highest BCUT2D eigenvalue weighted by atomic mass is 19.1. The molecule has 0 fully saturated rings. The number of halogens is 1. The largest absolute Gasteiger partial charge is 0.366 e. The van der Waals surface area contributed by atoms with Crippen molar-refractivity contribution in [3.8, 4) is 0 Å². The Bertz CT molecular complexity index is 491. The second kappa shape index (κ2) is 3.31. The quantitative estimate of drug-likeness (QED) is 0.702. The smallest absolute Gasteiger partial charge is 0.241 e. The van der Waals surface area contributed by atoms with E-state index in [9.17, 15) is 14.0 Å². The second-order valence-corrected chi connectivity index (χ2v) is 3.36. The molecule has 3 nitrogen and oxygen atoms in total. The van der Waals surface area contributed by atoms with Crippen molar-refractivity contribution in [3.05, 3.63) is 41.2 Å². The van der Waals surface area contributed by atoms with Gasteiger partial charge in [0.2, 0.25) is 5.91 Å². The maximum Gasteiger partial charge on any atom is 0.241 e. The average Bonchev–Trinajstić information content (AvgIpc) is 2.42. The van der Waals surface area contributed by atoms with Crippen molar-refractivity contribution in [3.63, 3.8) is 0 Å². The van der Waals surface area contributed by atoms with Gasteiger partial charge in [0.1, 0.15) is 5.82 Å². The van der Waals surface area contributed by atoms with E-state index in [-0.39, 0.29) is 12.2 Å². The lowest BCUT2D eigenvalue weighted by atomic mass is 10.1. The topological polar surface area (TPSA) is 60.2 Å². The minimum Gasteiger partial charge on any atom is -0.366 e. The van der Waals surface area contributed by atoms with Crippen molar-refractivity contribution in [2.75, 3.05) is 0 Å². The summed E-state index contributed by atoms with van der Waals surface area (Å²) < 4.78 is 12.9. The van der Waals surface area contributed by atoms with E-state index in [1.54, 1.807) is 0 Å². The molecule has 0 aliphatic heterocycles. The molecule has 0 aromatic heterocycles. The zero-order chi connectivity index (χ0) is 11.0. The maximum atomic E-state index is 12.9. The highest BCUT2D eigenvalue weighted by Crippen LogP contribution is 2.32. The summed E-state index contributed by atoms with van der Waals surface area (Å²) in [4.78, 5) is 22.2. The normalized spacial score (nSPS) is 16.9. The molecule has 76 valence electrons. The first-order chi connectivity index (χ1) is 7.08. The molecule has 0 saturated heterocycles. The third kappa shape index (κ3) is 1.66. The number of amides is 1. The number of carbonyl (C=O) groups is 2. The molecule has 1 aromatic carbocycles. The Labute approximate surface area is 85.4 Å². The van der Waals surface area contributed by atoms with Gasteiger partial charge in [-0.2, -0.15) is 0 Å². The Morgan fingerprint density at radius 3 is 2.80 bits per heavy atom. The molecule has 1 aromatic rings. The predicted octanol–water partition coefficient (Wildman–Crippen LogP) is 1.28. The summed E-state index contributed by atoms with van der Waals surface area (Å²) in [6.45, 7) is 0. The molecule has 0 atom stereocenters. The lowest BCUT2D eigenvalue weighted by Gasteiger charge is -1.98. The first-order valence-corrected chi connectivity index (χ1v) is 4.41. The standard InChI is InChI=1S/C11H8FNO2/c12-7-1-2-8-9(5-7)6(3-10(8)14)4-11(13)15/h1-2,4-5H,3H2,(H2,13,15)/b6-4-. The second-order valence-electron chi connectivity index (χ2n) is 3.36. The molecule has 0 bridgehead atoms. The molecule has 0 unspecified atom stereocenters. The van der Waals surface area contributed by atoms with Crippen LogP contribution in [0.2, 0.25) is 0 Å². The number of carbonyl (C=O) groups excluding carboxylic acids is 2. The van der Waals surface area contributed by atoms with Crippen molar-refractivity contribution in [2.45, 2.75) is 6.42 Å². The van der Waals surface area contributed by atoms with E-state index < -0.39 is 11.7 Å². The first kappa shape index (κ1) is 9.58. The van der Waals surface area contributed by atoms with Crippen molar-refractivity contribution < 1.29 is 14.0 Å². The van der Waals surface area contributed by atoms with Gasteiger partial charge in [-0.15, -0.1) is 0 Å². The number of hydrogen-bond donors (Lipinski definition) is 1. The number of ketones is 1. The molecule has 1 aliphatic carbocycles. The van der Waals surface area contributed by atoms with Gasteiger partial charge >= 0.3 is 0 Å². The van der Waals surface area contributed by atoms with Crippen LogP contribution in [0.3, 0.4) is 0 Å². The summed E-state index contributed by atoms with van der Waals surface area (Å²) >= 11 is 0. The van der Waals surface area contributed by atoms with Gasteiger partial charge in [0.05, 0.1) is 0 Å². The van der Waals surface area contributed by atoms with Gasteiger partial charge in [-0.3, -0.25) is 9.59 Å². The number of nitrogens with two attached hydrogens (primary N) is 1. The molecular weight excluding hydrogens is 197 g/mol. The van der Waals surface area contributed by atoms with Crippen LogP contribution in [-0.2, 0) is 4.79 Å². The van der Waals surface area contributed by atoms with Gasteiger partial charge < -0.3 is 5.73 Å². The molecule has 4 heteroatoms. The van der Waals surface area contributed by atoms with Crippen LogP contribution >= 0.6 is 0 Å². The number of rotatable bonds is 1. The fraction of sp³-hybridized carbons (Fsp3) is 0.0909. The first-order valence-electron chi connectivity index (χ1n) is 4.41. The van der Waals surface area contributed by atoms with E-state index in [2.05, 4.69) is 0 Å². The van der Waals surface area contributed by atoms with Gasteiger partial charge in [-0.1, -0.05) is 0 Å². The van der Waals surface area contributed by atoms with Crippen LogP contribution in [0.4, 0.5) is 4.39 Å². The van der Waals surface area contributed by atoms with Gasteiger partial charge in [-0.25, -0.2) is 4.39 Å². The molecule has 2 rings (SSSR count). The summed E-state index contributed by atoms with van der Waals surface area (Å²) in [6, 6.07) is 3.90. The Hall–Kier alpha value is -1.97. The number of primary amides is 1. The van der Waals surface area contributed by atoms with E-state index in [0.717, 1.165) is 0 Å². The molecular formula is C11H8FNO2. The molecule has 0 spiro atoms. The molecule has 0 radical (unpaired) electrons. The summed E-state index contributed by atoms with van der Waals surface area (Å²) in [6.07, 6.45) is 1.28. The highest BCUT2D eigenvalue weighted by Gasteiger charge is 2.24.